The Labute approximate surface area is 108 Å². The smallest absolute Gasteiger partial charge is 0.0406 e. The molecule has 0 radical (unpaired) electrons. The van der Waals surface area contributed by atoms with Crippen LogP contribution in [-0.2, 0) is 0 Å². The van der Waals surface area contributed by atoms with E-state index in [0.717, 1.165) is 11.6 Å². The molecule has 2 atom stereocenters. The molecule has 1 aromatic rings. The number of rotatable bonds is 6. The highest BCUT2D eigenvalue weighted by molar-refractivity contribution is 8.00. The van der Waals surface area contributed by atoms with Crippen molar-refractivity contribution in [3.8, 4) is 0 Å². The number of hydrogen-bond donors (Lipinski definition) is 1. The van der Waals surface area contributed by atoms with Gasteiger partial charge in [0.05, 0.1) is 0 Å². The normalized spacial score (nSPS) is 14.8. The molecule has 2 unspecified atom stereocenters. The van der Waals surface area contributed by atoms with Crippen LogP contribution in [0.1, 0.15) is 26.7 Å². The first-order valence-electron chi connectivity index (χ1n) is 5.79. The minimum absolute atomic E-state index is 0.501. The molecule has 1 aromatic carbocycles. The third-order valence-electron chi connectivity index (χ3n) is 2.71. The Morgan fingerprint density at radius 2 is 1.94 bits per heavy atom. The Hall–Kier alpha value is -0.180. The van der Waals surface area contributed by atoms with E-state index in [1.165, 1.54) is 17.7 Å². The molecule has 0 aliphatic carbocycles. The van der Waals surface area contributed by atoms with Crippen LogP contribution in [0.5, 0.6) is 0 Å². The molecular weight excluding hydrogens is 238 g/mol. The Morgan fingerprint density at radius 1 is 1.31 bits per heavy atom. The van der Waals surface area contributed by atoms with Crippen molar-refractivity contribution in [1.82, 2.24) is 0 Å². The first-order valence-corrected chi connectivity index (χ1v) is 7.05. The van der Waals surface area contributed by atoms with Gasteiger partial charge >= 0.3 is 0 Å². The lowest BCUT2D eigenvalue weighted by molar-refractivity contribution is 0.505. The zero-order chi connectivity index (χ0) is 12.0. The van der Waals surface area contributed by atoms with Crippen molar-refractivity contribution in [2.45, 2.75) is 36.8 Å². The van der Waals surface area contributed by atoms with Gasteiger partial charge < -0.3 is 5.73 Å². The van der Waals surface area contributed by atoms with Gasteiger partial charge in [-0.05, 0) is 36.6 Å². The molecule has 0 saturated heterocycles. The van der Waals surface area contributed by atoms with Crippen LogP contribution in [0.3, 0.4) is 0 Å². The summed E-state index contributed by atoms with van der Waals surface area (Å²) >= 11 is 7.72. The van der Waals surface area contributed by atoms with E-state index in [0.29, 0.717) is 11.2 Å². The zero-order valence-electron chi connectivity index (χ0n) is 9.95. The third-order valence-corrected chi connectivity index (χ3v) is 4.47. The first kappa shape index (κ1) is 13.9. The molecule has 0 aliphatic rings. The van der Waals surface area contributed by atoms with Gasteiger partial charge in [-0.3, -0.25) is 0 Å². The average Bonchev–Trinajstić information content (AvgIpc) is 2.28. The molecular formula is C13H20ClNS. The second kappa shape index (κ2) is 7.21. The maximum atomic E-state index is 5.86. The molecule has 16 heavy (non-hydrogen) atoms. The highest BCUT2D eigenvalue weighted by Gasteiger charge is 2.16. The molecule has 1 rings (SSSR count). The summed E-state index contributed by atoms with van der Waals surface area (Å²) in [5.41, 5.74) is 5.83. The lowest BCUT2D eigenvalue weighted by Gasteiger charge is -2.21. The molecule has 0 heterocycles. The molecule has 1 nitrogen and oxygen atoms in total. The van der Waals surface area contributed by atoms with E-state index in [-0.39, 0.29) is 0 Å². The summed E-state index contributed by atoms with van der Waals surface area (Å²) < 4.78 is 0. The van der Waals surface area contributed by atoms with Crippen molar-refractivity contribution >= 4 is 23.4 Å². The zero-order valence-corrected chi connectivity index (χ0v) is 11.5. The van der Waals surface area contributed by atoms with E-state index in [9.17, 15) is 0 Å². The van der Waals surface area contributed by atoms with E-state index in [1.807, 2.05) is 23.9 Å². The predicted octanol–water partition coefficient (Wildman–Crippen LogP) is 4.20. The number of nitrogens with two attached hydrogens (primary N) is 1. The van der Waals surface area contributed by atoms with Gasteiger partial charge in [0.15, 0.2) is 0 Å². The molecule has 0 spiro atoms. The lowest BCUT2D eigenvalue weighted by Crippen LogP contribution is -2.24. The number of hydrogen-bond acceptors (Lipinski definition) is 2. The maximum absolute atomic E-state index is 5.86. The quantitative estimate of drug-likeness (QED) is 0.773. The van der Waals surface area contributed by atoms with Gasteiger partial charge in [0, 0.05) is 21.7 Å². The average molecular weight is 258 g/mol. The van der Waals surface area contributed by atoms with Crippen molar-refractivity contribution in [3.63, 3.8) is 0 Å². The largest absolute Gasteiger partial charge is 0.329 e. The Morgan fingerprint density at radius 3 is 2.44 bits per heavy atom. The van der Waals surface area contributed by atoms with Gasteiger partial charge in [0.1, 0.15) is 0 Å². The fraction of sp³-hybridized carbons (Fsp3) is 0.538. The molecule has 90 valence electrons. The number of halogens is 1. The molecule has 0 amide bonds. The monoisotopic (exact) mass is 257 g/mol. The highest BCUT2D eigenvalue weighted by Crippen LogP contribution is 2.30. The van der Waals surface area contributed by atoms with E-state index in [1.54, 1.807) is 0 Å². The van der Waals surface area contributed by atoms with Crippen LogP contribution in [0.25, 0.3) is 0 Å². The van der Waals surface area contributed by atoms with Crippen molar-refractivity contribution in [2.24, 2.45) is 11.7 Å². The predicted molar refractivity (Wildman–Crippen MR) is 74.2 cm³/mol. The van der Waals surface area contributed by atoms with Crippen LogP contribution in [0, 0.1) is 5.92 Å². The summed E-state index contributed by atoms with van der Waals surface area (Å²) in [5.74, 6) is 0.663. The van der Waals surface area contributed by atoms with Crippen molar-refractivity contribution in [1.29, 1.82) is 0 Å². The van der Waals surface area contributed by atoms with Crippen molar-refractivity contribution in [2.75, 3.05) is 6.54 Å². The minimum Gasteiger partial charge on any atom is -0.329 e. The summed E-state index contributed by atoms with van der Waals surface area (Å²) in [4.78, 5) is 1.25. The van der Waals surface area contributed by atoms with Crippen LogP contribution in [0.15, 0.2) is 29.2 Å². The number of benzene rings is 1. The van der Waals surface area contributed by atoms with E-state index in [2.05, 4.69) is 26.0 Å². The Bertz CT molecular complexity index is 299. The fourth-order valence-corrected chi connectivity index (χ4v) is 2.96. The number of thioether (sulfide) groups is 1. The molecule has 3 heteroatoms. The van der Waals surface area contributed by atoms with Gasteiger partial charge in [-0.15, -0.1) is 11.8 Å². The second-order valence-corrected chi connectivity index (χ2v) is 5.86. The van der Waals surface area contributed by atoms with Crippen LogP contribution in [0.4, 0.5) is 0 Å². The summed E-state index contributed by atoms with van der Waals surface area (Å²) in [5, 5.41) is 1.29. The summed E-state index contributed by atoms with van der Waals surface area (Å²) in [7, 11) is 0. The van der Waals surface area contributed by atoms with Gasteiger partial charge in [0.25, 0.3) is 0 Å². The van der Waals surface area contributed by atoms with E-state index in [4.69, 9.17) is 17.3 Å². The highest BCUT2D eigenvalue weighted by atomic mass is 35.5. The van der Waals surface area contributed by atoms with Crippen LogP contribution in [-0.4, -0.2) is 11.8 Å². The first-order chi connectivity index (χ1) is 7.67. The maximum Gasteiger partial charge on any atom is 0.0406 e. The Kier molecular flexibility index (Phi) is 6.25. The van der Waals surface area contributed by atoms with E-state index < -0.39 is 0 Å². The van der Waals surface area contributed by atoms with Crippen LogP contribution >= 0.6 is 23.4 Å². The minimum atomic E-state index is 0.501. The van der Waals surface area contributed by atoms with Crippen molar-refractivity contribution < 1.29 is 0 Å². The molecule has 0 saturated carbocycles. The van der Waals surface area contributed by atoms with Gasteiger partial charge in [-0.2, -0.15) is 0 Å². The molecule has 0 fully saturated rings. The lowest BCUT2D eigenvalue weighted by atomic mass is 10.0. The van der Waals surface area contributed by atoms with Crippen LogP contribution in [0.2, 0.25) is 5.02 Å². The standard InChI is InChI=1S/C13H20ClNS/c1-3-4-10(2)13(9-15)16-12-7-5-11(14)6-8-12/h5-8,10,13H,3-4,9,15H2,1-2H3. The third kappa shape index (κ3) is 4.36. The van der Waals surface area contributed by atoms with Crippen molar-refractivity contribution in [3.05, 3.63) is 29.3 Å². The molecule has 0 aromatic heterocycles. The van der Waals surface area contributed by atoms with E-state index >= 15 is 0 Å². The van der Waals surface area contributed by atoms with Gasteiger partial charge in [0.2, 0.25) is 0 Å². The SMILES string of the molecule is CCCC(C)C(CN)Sc1ccc(Cl)cc1. The summed E-state index contributed by atoms with van der Waals surface area (Å²) in [6.07, 6.45) is 2.46. The van der Waals surface area contributed by atoms with Gasteiger partial charge in [-0.25, -0.2) is 0 Å². The summed E-state index contributed by atoms with van der Waals surface area (Å²) in [6, 6.07) is 7.99. The van der Waals surface area contributed by atoms with Gasteiger partial charge in [-0.1, -0.05) is 31.9 Å². The molecule has 0 aliphatic heterocycles. The molecule has 2 N–H and O–H groups in total. The topological polar surface area (TPSA) is 26.0 Å². The Balaban J connectivity index is 2.59. The fourth-order valence-electron chi connectivity index (χ4n) is 1.73. The summed E-state index contributed by atoms with van der Waals surface area (Å²) in [6.45, 7) is 5.23. The molecule has 0 bridgehead atoms. The van der Waals surface area contributed by atoms with Crippen LogP contribution < -0.4 is 5.73 Å². The second-order valence-electron chi connectivity index (χ2n) is 4.11.